The standard InChI is InChI=1S/C38H42N8O/c1-3-45(4-2)33-13-10-31(11-14-33)38-43-35-24-32(12-15-36(35)46(38)22-5-21-44-23-20-41-27-44)34(25-37(39)47)42-26-28-6-8-29(9-7-28)30-16-18-40-19-17-30/h6-20,23-24,27,34,42H,3-5,21-22,25-26H2,1-2H3,(H2,39,47). The predicted molar refractivity (Wildman–Crippen MR) is 189 cm³/mol. The van der Waals surface area contributed by atoms with Gasteiger partial charge < -0.3 is 25.1 Å². The van der Waals surface area contributed by atoms with Crippen molar-refractivity contribution in [1.82, 2.24) is 29.4 Å². The second-order valence-electron chi connectivity index (χ2n) is 11.7. The van der Waals surface area contributed by atoms with E-state index in [1.165, 1.54) is 5.69 Å². The third kappa shape index (κ3) is 7.58. The maximum absolute atomic E-state index is 12.2. The Bertz CT molecular complexity index is 1880. The molecule has 3 aromatic carbocycles. The van der Waals surface area contributed by atoms with Crippen LogP contribution in [0.4, 0.5) is 5.69 Å². The smallest absolute Gasteiger partial charge is 0.219 e. The van der Waals surface area contributed by atoms with Crippen LogP contribution in [0.3, 0.4) is 0 Å². The first-order chi connectivity index (χ1) is 23.0. The van der Waals surface area contributed by atoms with E-state index in [9.17, 15) is 4.79 Å². The first-order valence-electron chi connectivity index (χ1n) is 16.3. The average Bonchev–Trinajstić information content (AvgIpc) is 3.76. The predicted octanol–water partition coefficient (Wildman–Crippen LogP) is 6.60. The van der Waals surface area contributed by atoms with Gasteiger partial charge in [0.2, 0.25) is 5.91 Å². The third-order valence-corrected chi connectivity index (χ3v) is 8.71. The lowest BCUT2D eigenvalue weighted by atomic mass is 10.0. The van der Waals surface area contributed by atoms with Crippen LogP contribution >= 0.6 is 0 Å². The van der Waals surface area contributed by atoms with E-state index in [4.69, 9.17) is 10.7 Å². The number of rotatable bonds is 15. The molecule has 0 aliphatic heterocycles. The number of imidazole rings is 2. The normalized spacial score (nSPS) is 12.0. The lowest BCUT2D eigenvalue weighted by Crippen LogP contribution is -2.26. The Morgan fingerprint density at radius 1 is 0.851 bits per heavy atom. The molecule has 3 aromatic heterocycles. The second kappa shape index (κ2) is 14.9. The molecule has 47 heavy (non-hydrogen) atoms. The summed E-state index contributed by atoms with van der Waals surface area (Å²) in [5, 5.41) is 3.58. The van der Waals surface area contributed by atoms with Crippen LogP contribution in [0.25, 0.3) is 33.5 Å². The van der Waals surface area contributed by atoms with Crippen LogP contribution in [0.5, 0.6) is 0 Å². The van der Waals surface area contributed by atoms with E-state index in [0.29, 0.717) is 6.54 Å². The van der Waals surface area contributed by atoms with Crippen LogP contribution in [-0.4, -0.2) is 43.1 Å². The van der Waals surface area contributed by atoms with Crippen molar-refractivity contribution in [2.45, 2.75) is 52.4 Å². The van der Waals surface area contributed by atoms with Crippen LogP contribution in [0.15, 0.2) is 110 Å². The molecule has 9 heteroatoms. The Morgan fingerprint density at radius 2 is 1.57 bits per heavy atom. The van der Waals surface area contributed by atoms with Gasteiger partial charge in [0.1, 0.15) is 5.82 Å². The number of carbonyl (C=O) groups excluding carboxylic acids is 1. The van der Waals surface area contributed by atoms with Crippen molar-refractivity contribution in [3.05, 3.63) is 121 Å². The highest BCUT2D eigenvalue weighted by Gasteiger charge is 2.19. The molecule has 6 rings (SSSR count). The number of nitrogens with zero attached hydrogens (tertiary/aromatic N) is 6. The van der Waals surface area contributed by atoms with Gasteiger partial charge in [-0.2, -0.15) is 0 Å². The number of hydrogen-bond donors (Lipinski definition) is 2. The minimum absolute atomic E-state index is 0.186. The molecule has 0 bridgehead atoms. The van der Waals surface area contributed by atoms with Gasteiger partial charge in [-0.15, -0.1) is 0 Å². The van der Waals surface area contributed by atoms with Gasteiger partial charge in [0.15, 0.2) is 0 Å². The fraction of sp³-hybridized carbons (Fsp3) is 0.263. The van der Waals surface area contributed by atoms with Crippen molar-refractivity contribution in [2.75, 3.05) is 18.0 Å². The maximum Gasteiger partial charge on any atom is 0.219 e. The van der Waals surface area contributed by atoms with Gasteiger partial charge in [-0.25, -0.2) is 9.97 Å². The van der Waals surface area contributed by atoms with E-state index in [1.807, 2.05) is 30.9 Å². The number of aryl methyl sites for hydroxylation is 2. The fourth-order valence-corrected chi connectivity index (χ4v) is 6.16. The van der Waals surface area contributed by atoms with Gasteiger partial charge >= 0.3 is 0 Å². The van der Waals surface area contributed by atoms with Crippen LogP contribution in [0.1, 0.15) is 43.9 Å². The third-order valence-electron chi connectivity index (χ3n) is 8.71. The number of carbonyl (C=O) groups is 1. The lowest BCUT2D eigenvalue weighted by molar-refractivity contribution is -0.118. The van der Waals surface area contributed by atoms with Crippen molar-refractivity contribution in [3.8, 4) is 22.5 Å². The summed E-state index contributed by atoms with van der Waals surface area (Å²) in [6, 6.07) is 27.2. The van der Waals surface area contributed by atoms with E-state index in [0.717, 1.165) is 77.3 Å². The zero-order chi connectivity index (χ0) is 32.6. The largest absolute Gasteiger partial charge is 0.372 e. The van der Waals surface area contributed by atoms with Crippen LogP contribution < -0.4 is 16.0 Å². The number of amides is 1. The zero-order valence-electron chi connectivity index (χ0n) is 27.1. The summed E-state index contributed by atoms with van der Waals surface area (Å²) < 4.78 is 4.41. The van der Waals surface area contributed by atoms with Gasteiger partial charge in [-0.1, -0.05) is 30.3 Å². The van der Waals surface area contributed by atoms with Crippen molar-refractivity contribution < 1.29 is 4.79 Å². The van der Waals surface area contributed by atoms with E-state index >= 15 is 0 Å². The number of aromatic nitrogens is 5. The summed E-state index contributed by atoms with van der Waals surface area (Å²) in [6.07, 6.45) is 10.4. The van der Waals surface area contributed by atoms with Crippen LogP contribution in [0, 0.1) is 0 Å². The number of hydrogen-bond acceptors (Lipinski definition) is 6. The maximum atomic E-state index is 12.2. The Morgan fingerprint density at radius 3 is 2.26 bits per heavy atom. The fourth-order valence-electron chi connectivity index (χ4n) is 6.16. The quantitative estimate of drug-likeness (QED) is 0.133. The Labute approximate surface area is 276 Å². The van der Waals surface area contributed by atoms with E-state index in [-0.39, 0.29) is 18.4 Å². The summed E-state index contributed by atoms with van der Waals surface area (Å²) in [7, 11) is 0. The SMILES string of the molecule is CCN(CC)c1ccc(-c2nc3cc(C(CC(N)=O)NCc4ccc(-c5ccncc5)cc4)ccc3n2CCCn2ccnc2)cc1. The summed E-state index contributed by atoms with van der Waals surface area (Å²) in [5.41, 5.74) is 14.3. The van der Waals surface area contributed by atoms with Gasteiger partial charge in [0.25, 0.3) is 0 Å². The molecule has 1 atom stereocenters. The second-order valence-corrected chi connectivity index (χ2v) is 11.7. The highest BCUT2D eigenvalue weighted by Crippen LogP contribution is 2.30. The highest BCUT2D eigenvalue weighted by molar-refractivity contribution is 5.82. The monoisotopic (exact) mass is 626 g/mol. The first kappa shape index (κ1) is 31.7. The molecule has 6 aromatic rings. The number of fused-ring (bicyclic) bond motifs is 1. The molecule has 0 saturated carbocycles. The molecule has 1 unspecified atom stereocenters. The van der Waals surface area contributed by atoms with Gasteiger partial charge in [0.05, 0.1) is 17.4 Å². The Kier molecular flexibility index (Phi) is 10.0. The molecular formula is C38H42N8O. The summed E-state index contributed by atoms with van der Waals surface area (Å²) >= 11 is 0. The Balaban J connectivity index is 1.27. The average molecular weight is 627 g/mol. The minimum atomic E-state index is -0.352. The molecule has 3 heterocycles. The van der Waals surface area contributed by atoms with Crippen molar-refractivity contribution in [3.63, 3.8) is 0 Å². The molecule has 0 saturated heterocycles. The van der Waals surface area contributed by atoms with E-state index < -0.39 is 0 Å². The molecule has 1 amide bonds. The van der Waals surface area contributed by atoms with Crippen LogP contribution in [0.2, 0.25) is 0 Å². The van der Waals surface area contributed by atoms with Crippen LogP contribution in [-0.2, 0) is 24.4 Å². The number of anilines is 1. The first-order valence-corrected chi connectivity index (χ1v) is 16.3. The molecule has 3 N–H and O–H groups in total. The molecular weight excluding hydrogens is 584 g/mol. The lowest BCUT2D eigenvalue weighted by Gasteiger charge is -2.21. The minimum Gasteiger partial charge on any atom is -0.372 e. The molecule has 0 aliphatic carbocycles. The molecule has 0 aliphatic rings. The van der Waals surface area contributed by atoms with Crippen molar-refractivity contribution >= 4 is 22.6 Å². The molecule has 0 spiro atoms. The van der Waals surface area contributed by atoms with Crippen molar-refractivity contribution in [2.24, 2.45) is 5.73 Å². The topological polar surface area (TPSA) is 107 Å². The van der Waals surface area contributed by atoms with Gasteiger partial charge in [-0.3, -0.25) is 9.78 Å². The molecule has 9 nitrogen and oxygen atoms in total. The highest BCUT2D eigenvalue weighted by atomic mass is 16.1. The Hall–Kier alpha value is -5.28. The number of pyridine rings is 1. The van der Waals surface area contributed by atoms with Gasteiger partial charge in [-0.05, 0) is 91.1 Å². The number of nitrogens with one attached hydrogen (secondary N) is 1. The van der Waals surface area contributed by atoms with E-state index in [2.05, 4.69) is 110 Å². The van der Waals surface area contributed by atoms with Crippen molar-refractivity contribution in [1.29, 1.82) is 0 Å². The summed E-state index contributed by atoms with van der Waals surface area (Å²) in [5.74, 6) is 0.581. The number of primary amides is 1. The number of nitrogens with two attached hydrogens (primary N) is 1. The number of benzene rings is 3. The van der Waals surface area contributed by atoms with E-state index in [1.54, 1.807) is 12.4 Å². The molecule has 0 fully saturated rings. The zero-order valence-corrected chi connectivity index (χ0v) is 27.1. The summed E-state index contributed by atoms with van der Waals surface area (Å²) in [6.45, 7) is 8.54. The van der Waals surface area contributed by atoms with Gasteiger partial charge in [0, 0.05) is 81.2 Å². The summed E-state index contributed by atoms with van der Waals surface area (Å²) in [4.78, 5) is 28.0. The molecule has 240 valence electrons. The molecule has 0 radical (unpaired) electrons.